The van der Waals surface area contributed by atoms with E-state index < -0.39 is 12.2 Å². The first-order valence-corrected chi connectivity index (χ1v) is 6.59. The van der Waals surface area contributed by atoms with Crippen LogP contribution in [0.15, 0.2) is 0 Å². The largest absolute Gasteiger partial charge is 0.389 e. The van der Waals surface area contributed by atoms with Crippen molar-refractivity contribution in [1.29, 1.82) is 0 Å². The number of carbonyl (C=O) groups is 2. The number of nitrogens with zero attached hydrogens (tertiary/aromatic N) is 3. The summed E-state index contributed by atoms with van der Waals surface area (Å²) in [5, 5.41) is 18.9. The van der Waals surface area contributed by atoms with Crippen molar-refractivity contribution in [3.8, 4) is 0 Å². The zero-order valence-electron chi connectivity index (χ0n) is 11.2. The summed E-state index contributed by atoms with van der Waals surface area (Å²) in [6, 6.07) is 0. The topological polar surface area (TPSA) is 84.3 Å². The Morgan fingerprint density at radius 2 is 1.47 bits per heavy atom. The number of aliphatic hydroxyl groups is 2. The minimum atomic E-state index is -0.762. The quantitative estimate of drug-likeness (QED) is 0.591. The maximum atomic E-state index is 12.1. The summed E-state index contributed by atoms with van der Waals surface area (Å²) in [6.07, 6.45) is -1.52. The third kappa shape index (κ3) is 3.43. The molecular weight excluding hydrogens is 250 g/mol. The molecule has 0 aromatic rings. The highest BCUT2D eigenvalue weighted by molar-refractivity contribution is 5.79. The van der Waals surface area contributed by atoms with Crippen LogP contribution in [0.5, 0.6) is 0 Å². The van der Waals surface area contributed by atoms with E-state index in [0.717, 1.165) is 0 Å². The van der Waals surface area contributed by atoms with Gasteiger partial charge in [0, 0.05) is 46.2 Å². The van der Waals surface area contributed by atoms with E-state index in [9.17, 15) is 19.8 Å². The summed E-state index contributed by atoms with van der Waals surface area (Å²) in [4.78, 5) is 28.5. The molecule has 7 nitrogen and oxygen atoms in total. The molecule has 108 valence electrons. The number of carbonyl (C=O) groups excluding carboxylic acids is 2. The molecule has 2 aliphatic heterocycles. The van der Waals surface area contributed by atoms with Crippen molar-refractivity contribution in [2.24, 2.45) is 0 Å². The molecule has 0 aromatic carbocycles. The number of β-amino-alcohol motifs (C(OH)–C–C–N with tert-alkyl or cyclic N) is 2. The Morgan fingerprint density at radius 3 is 1.95 bits per heavy atom. The molecule has 0 spiro atoms. The summed E-state index contributed by atoms with van der Waals surface area (Å²) in [6.45, 7) is 4.67. The summed E-state index contributed by atoms with van der Waals surface area (Å²) in [7, 11) is 0. The van der Waals surface area contributed by atoms with Gasteiger partial charge in [0.25, 0.3) is 0 Å². The second-order valence-electron chi connectivity index (χ2n) is 5.22. The average molecular weight is 271 g/mol. The van der Waals surface area contributed by atoms with Gasteiger partial charge in [0.1, 0.15) is 0 Å². The van der Waals surface area contributed by atoms with Crippen LogP contribution >= 0.6 is 0 Å². The number of hydrogen-bond donors (Lipinski definition) is 2. The first-order valence-electron chi connectivity index (χ1n) is 6.59. The van der Waals surface area contributed by atoms with Crippen LogP contribution in [0.1, 0.15) is 6.92 Å². The molecule has 0 saturated carbocycles. The Morgan fingerprint density at radius 1 is 1.00 bits per heavy atom. The van der Waals surface area contributed by atoms with Crippen LogP contribution in [-0.2, 0) is 9.59 Å². The summed E-state index contributed by atoms with van der Waals surface area (Å²) >= 11 is 0. The van der Waals surface area contributed by atoms with Crippen LogP contribution in [0.4, 0.5) is 0 Å². The molecular formula is C12H21N3O4. The van der Waals surface area contributed by atoms with Gasteiger partial charge in [0.05, 0.1) is 18.8 Å². The van der Waals surface area contributed by atoms with Gasteiger partial charge in [-0.3, -0.25) is 14.5 Å². The Kier molecular flexibility index (Phi) is 4.38. The molecule has 2 rings (SSSR count). The van der Waals surface area contributed by atoms with Crippen molar-refractivity contribution in [1.82, 2.24) is 14.7 Å². The van der Waals surface area contributed by atoms with Gasteiger partial charge in [-0.05, 0) is 0 Å². The van der Waals surface area contributed by atoms with E-state index >= 15 is 0 Å². The van der Waals surface area contributed by atoms with Gasteiger partial charge in [-0.25, -0.2) is 0 Å². The van der Waals surface area contributed by atoms with Crippen LogP contribution in [0, 0.1) is 0 Å². The van der Waals surface area contributed by atoms with Crippen LogP contribution in [0.3, 0.4) is 0 Å². The average Bonchev–Trinajstić information content (AvgIpc) is 2.68. The van der Waals surface area contributed by atoms with E-state index in [2.05, 4.69) is 0 Å². The van der Waals surface area contributed by atoms with Gasteiger partial charge in [-0.1, -0.05) is 0 Å². The summed E-state index contributed by atoms with van der Waals surface area (Å²) in [5.74, 6) is 0.0300. The highest BCUT2D eigenvalue weighted by atomic mass is 16.3. The molecule has 2 N–H and O–H groups in total. The fourth-order valence-corrected chi connectivity index (χ4v) is 2.54. The fraction of sp³-hybridized carbons (Fsp3) is 0.833. The molecule has 2 heterocycles. The Labute approximate surface area is 112 Å². The van der Waals surface area contributed by atoms with Crippen molar-refractivity contribution >= 4 is 11.8 Å². The second kappa shape index (κ2) is 5.85. The van der Waals surface area contributed by atoms with E-state index in [0.29, 0.717) is 39.3 Å². The van der Waals surface area contributed by atoms with Crippen LogP contribution in [-0.4, -0.2) is 94.7 Å². The normalized spacial score (nSPS) is 28.8. The number of piperazine rings is 1. The van der Waals surface area contributed by atoms with Gasteiger partial charge in [-0.15, -0.1) is 0 Å². The standard InChI is InChI=1S/C12H21N3O4/c1-9(16)14-2-4-15(5-3-14)12(19)8-13-6-10(17)11(18)7-13/h10-11,17-18H,2-8H2,1H3/t10-,11+. The Balaban J connectivity index is 1.77. The van der Waals surface area contributed by atoms with E-state index in [-0.39, 0.29) is 18.4 Å². The van der Waals surface area contributed by atoms with Crippen LogP contribution in [0.2, 0.25) is 0 Å². The van der Waals surface area contributed by atoms with Crippen molar-refractivity contribution < 1.29 is 19.8 Å². The van der Waals surface area contributed by atoms with E-state index in [4.69, 9.17) is 0 Å². The first kappa shape index (κ1) is 14.2. The number of rotatable bonds is 2. The molecule has 0 aromatic heterocycles. The lowest BCUT2D eigenvalue weighted by molar-refractivity contribution is -0.139. The number of hydrogen-bond acceptors (Lipinski definition) is 5. The van der Waals surface area contributed by atoms with Gasteiger partial charge in [0.2, 0.25) is 11.8 Å². The smallest absolute Gasteiger partial charge is 0.236 e. The molecule has 7 heteroatoms. The highest BCUT2D eigenvalue weighted by Crippen LogP contribution is 2.10. The Hall–Kier alpha value is -1.18. The van der Waals surface area contributed by atoms with Gasteiger partial charge >= 0.3 is 0 Å². The van der Waals surface area contributed by atoms with Crippen molar-refractivity contribution in [3.63, 3.8) is 0 Å². The third-order valence-corrected chi connectivity index (χ3v) is 3.77. The third-order valence-electron chi connectivity index (χ3n) is 3.77. The lowest BCUT2D eigenvalue weighted by atomic mass is 10.3. The maximum Gasteiger partial charge on any atom is 0.236 e. The number of amides is 2. The molecule has 2 amide bonds. The summed E-state index contributed by atoms with van der Waals surface area (Å²) < 4.78 is 0. The van der Waals surface area contributed by atoms with Gasteiger partial charge < -0.3 is 20.0 Å². The van der Waals surface area contributed by atoms with Crippen molar-refractivity contribution in [3.05, 3.63) is 0 Å². The lowest BCUT2D eigenvalue weighted by Crippen LogP contribution is -2.52. The van der Waals surface area contributed by atoms with Crippen LogP contribution < -0.4 is 0 Å². The fourth-order valence-electron chi connectivity index (χ4n) is 2.54. The molecule has 0 unspecified atom stereocenters. The molecule has 19 heavy (non-hydrogen) atoms. The van der Waals surface area contributed by atoms with Crippen molar-refractivity contribution in [2.75, 3.05) is 45.8 Å². The molecule has 2 aliphatic rings. The van der Waals surface area contributed by atoms with Gasteiger partial charge in [0.15, 0.2) is 0 Å². The van der Waals surface area contributed by atoms with E-state index in [1.54, 1.807) is 14.7 Å². The molecule has 2 atom stereocenters. The highest BCUT2D eigenvalue weighted by Gasteiger charge is 2.32. The minimum absolute atomic E-state index is 0.00972. The summed E-state index contributed by atoms with van der Waals surface area (Å²) in [5.41, 5.74) is 0. The van der Waals surface area contributed by atoms with E-state index in [1.807, 2.05) is 0 Å². The SMILES string of the molecule is CC(=O)N1CCN(C(=O)CN2C[C@@H](O)[C@@H](O)C2)CC1. The zero-order chi connectivity index (χ0) is 14.0. The lowest BCUT2D eigenvalue weighted by Gasteiger charge is -2.35. The van der Waals surface area contributed by atoms with Crippen LogP contribution in [0.25, 0.3) is 0 Å². The van der Waals surface area contributed by atoms with Gasteiger partial charge in [-0.2, -0.15) is 0 Å². The van der Waals surface area contributed by atoms with Crippen molar-refractivity contribution in [2.45, 2.75) is 19.1 Å². The minimum Gasteiger partial charge on any atom is -0.389 e. The number of likely N-dealkylation sites (tertiary alicyclic amines) is 1. The number of aliphatic hydroxyl groups excluding tert-OH is 2. The maximum absolute atomic E-state index is 12.1. The molecule has 0 aliphatic carbocycles. The monoisotopic (exact) mass is 271 g/mol. The molecule has 2 saturated heterocycles. The Bertz CT molecular complexity index is 345. The predicted molar refractivity (Wildman–Crippen MR) is 67.3 cm³/mol. The second-order valence-corrected chi connectivity index (χ2v) is 5.22. The zero-order valence-corrected chi connectivity index (χ0v) is 11.2. The predicted octanol–water partition coefficient (Wildman–Crippen LogP) is -2.29. The molecule has 0 radical (unpaired) electrons. The molecule has 0 bridgehead atoms. The van der Waals surface area contributed by atoms with E-state index in [1.165, 1.54) is 6.92 Å². The first-order chi connectivity index (χ1) is 8.97. The molecule has 2 fully saturated rings.